The average Bonchev–Trinajstić information content (AvgIpc) is 3.13. The van der Waals surface area contributed by atoms with E-state index in [0.29, 0.717) is 0 Å². The highest BCUT2D eigenvalue weighted by Crippen LogP contribution is 2.34. The molecule has 2 atom stereocenters. The lowest BCUT2D eigenvalue weighted by atomic mass is 9.84. The molecule has 0 spiro atoms. The maximum absolute atomic E-state index is 14.6. The van der Waals surface area contributed by atoms with Gasteiger partial charge in [0.05, 0.1) is 6.54 Å². The Bertz CT molecular complexity index is 807. The molecule has 146 valence electrons. The van der Waals surface area contributed by atoms with Gasteiger partial charge in [-0.2, -0.15) is 5.10 Å². The van der Waals surface area contributed by atoms with Crippen LogP contribution < -0.4 is 0 Å². The van der Waals surface area contributed by atoms with Gasteiger partial charge in [-0.25, -0.2) is 18.4 Å². The molecule has 1 aromatic heterocycles. The summed E-state index contributed by atoms with van der Waals surface area (Å²) in [5.74, 6) is -1.43. The first-order chi connectivity index (χ1) is 12.8. The predicted molar refractivity (Wildman–Crippen MR) is 98.9 cm³/mol. The van der Waals surface area contributed by atoms with E-state index < -0.39 is 17.2 Å². The fourth-order valence-electron chi connectivity index (χ4n) is 3.83. The van der Waals surface area contributed by atoms with Crippen molar-refractivity contribution in [1.29, 1.82) is 0 Å². The summed E-state index contributed by atoms with van der Waals surface area (Å²) in [4.78, 5) is 6.06. The van der Waals surface area contributed by atoms with E-state index in [1.54, 1.807) is 0 Å². The fourth-order valence-corrected chi connectivity index (χ4v) is 3.83. The molecule has 1 N–H and O–H groups in total. The van der Waals surface area contributed by atoms with Crippen LogP contribution in [0, 0.1) is 11.6 Å². The van der Waals surface area contributed by atoms with E-state index in [1.165, 1.54) is 40.6 Å². The molecule has 7 heteroatoms. The van der Waals surface area contributed by atoms with Gasteiger partial charge in [-0.05, 0) is 39.7 Å². The first-order valence-electron chi connectivity index (χ1n) is 9.21. The van der Waals surface area contributed by atoms with E-state index in [2.05, 4.69) is 28.8 Å². The third-order valence-electron chi connectivity index (χ3n) is 5.61. The summed E-state index contributed by atoms with van der Waals surface area (Å²) in [5, 5.41) is 15.7. The molecule has 1 aliphatic rings. The van der Waals surface area contributed by atoms with Crippen molar-refractivity contribution in [3.05, 3.63) is 59.2 Å². The number of piperidine rings is 1. The van der Waals surface area contributed by atoms with Gasteiger partial charge >= 0.3 is 0 Å². The van der Waals surface area contributed by atoms with Crippen LogP contribution >= 0.6 is 0 Å². The summed E-state index contributed by atoms with van der Waals surface area (Å²) in [6.07, 6.45) is 4.71. The number of allylic oxidation sites excluding steroid dienone is 1. The molecule has 27 heavy (non-hydrogen) atoms. The highest BCUT2D eigenvalue weighted by atomic mass is 19.1. The van der Waals surface area contributed by atoms with Crippen LogP contribution in [-0.4, -0.2) is 43.9 Å². The molecule has 0 amide bonds. The van der Waals surface area contributed by atoms with Gasteiger partial charge in [0.2, 0.25) is 0 Å². The minimum absolute atomic E-state index is 0.0305. The molecule has 0 radical (unpaired) electrons. The Hall–Kier alpha value is -2.12. The van der Waals surface area contributed by atoms with Crippen LogP contribution in [0.2, 0.25) is 0 Å². The van der Waals surface area contributed by atoms with E-state index >= 15 is 0 Å². The zero-order valence-corrected chi connectivity index (χ0v) is 16.0. The standard InChI is InChI=1S/C20H26F2N4O/c1-14(2)16-6-8-25(9-7-16)15(3)20(27,11-26-13-23-12-24-26)18-5-4-17(21)10-19(18)22/h4-5,10,12-13,15,27H,6-9,11H2,1-3H3. The van der Waals surface area contributed by atoms with Crippen molar-refractivity contribution in [2.24, 2.45) is 0 Å². The number of hydrogen-bond acceptors (Lipinski definition) is 4. The molecule has 2 unspecified atom stereocenters. The molecule has 0 bridgehead atoms. The Morgan fingerprint density at radius 3 is 2.52 bits per heavy atom. The summed E-state index contributed by atoms with van der Waals surface area (Å²) >= 11 is 0. The SMILES string of the molecule is CC(C)=C1CCN(C(C)C(O)(Cn2cncn2)c2ccc(F)cc2F)CC1. The minimum Gasteiger partial charge on any atom is -0.381 e. The molecule has 1 aliphatic heterocycles. The van der Waals surface area contributed by atoms with Gasteiger partial charge in [0.1, 0.15) is 29.9 Å². The topological polar surface area (TPSA) is 54.2 Å². The molecule has 0 saturated carbocycles. The largest absolute Gasteiger partial charge is 0.381 e. The van der Waals surface area contributed by atoms with Crippen LogP contribution in [-0.2, 0) is 12.1 Å². The summed E-state index contributed by atoms with van der Waals surface area (Å²) in [5.41, 5.74) is 1.27. The molecule has 1 fully saturated rings. The van der Waals surface area contributed by atoms with E-state index in [9.17, 15) is 13.9 Å². The lowest BCUT2D eigenvalue weighted by molar-refractivity contribution is -0.0657. The van der Waals surface area contributed by atoms with Crippen LogP contribution in [0.15, 0.2) is 42.0 Å². The quantitative estimate of drug-likeness (QED) is 0.814. The molecule has 5 nitrogen and oxygen atoms in total. The van der Waals surface area contributed by atoms with Crippen LogP contribution in [0.5, 0.6) is 0 Å². The van der Waals surface area contributed by atoms with E-state index in [-0.39, 0.29) is 18.2 Å². The van der Waals surface area contributed by atoms with Crippen LogP contribution in [0.1, 0.15) is 39.2 Å². The predicted octanol–water partition coefficient (Wildman–Crippen LogP) is 3.26. The van der Waals surface area contributed by atoms with Crippen molar-refractivity contribution in [3.8, 4) is 0 Å². The maximum atomic E-state index is 14.6. The summed E-state index contributed by atoms with van der Waals surface area (Å²) < 4.78 is 29.5. The van der Waals surface area contributed by atoms with E-state index in [4.69, 9.17) is 0 Å². The van der Waals surface area contributed by atoms with Gasteiger partial charge in [0, 0.05) is 30.8 Å². The van der Waals surface area contributed by atoms with E-state index in [0.717, 1.165) is 32.0 Å². The highest BCUT2D eigenvalue weighted by molar-refractivity contribution is 5.27. The third kappa shape index (κ3) is 4.09. The number of halogens is 2. The summed E-state index contributed by atoms with van der Waals surface area (Å²) in [6.45, 7) is 7.71. The van der Waals surface area contributed by atoms with Gasteiger partial charge in [-0.3, -0.25) is 4.90 Å². The van der Waals surface area contributed by atoms with Crippen molar-refractivity contribution in [3.63, 3.8) is 0 Å². The van der Waals surface area contributed by atoms with Crippen LogP contribution in [0.4, 0.5) is 8.78 Å². The number of hydrogen-bond donors (Lipinski definition) is 1. The first-order valence-corrected chi connectivity index (χ1v) is 9.21. The van der Waals surface area contributed by atoms with Crippen molar-refractivity contribution in [1.82, 2.24) is 19.7 Å². The second kappa shape index (κ2) is 7.86. The maximum Gasteiger partial charge on any atom is 0.137 e. The van der Waals surface area contributed by atoms with Crippen LogP contribution in [0.25, 0.3) is 0 Å². The normalized spacial score (nSPS) is 19.0. The fraction of sp³-hybridized carbons (Fsp3) is 0.500. The molecule has 0 aliphatic carbocycles. The van der Waals surface area contributed by atoms with Crippen molar-refractivity contribution in [2.45, 2.75) is 51.8 Å². The second-order valence-electron chi connectivity index (χ2n) is 7.46. The van der Waals surface area contributed by atoms with E-state index in [1.807, 2.05) is 6.92 Å². The smallest absolute Gasteiger partial charge is 0.137 e. The monoisotopic (exact) mass is 376 g/mol. The first kappa shape index (κ1) is 19.6. The summed E-state index contributed by atoms with van der Waals surface area (Å²) in [6, 6.07) is 2.92. The zero-order chi connectivity index (χ0) is 19.6. The summed E-state index contributed by atoms with van der Waals surface area (Å²) in [7, 11) is 0. The van der Waals surface area contributed by atoms with Gasteiger partial charge in [-0.15, -0.1) is 0 Å². The molecule has 1 saturated heterocycles. The van der Waals surface area contributed by atoms with Crippen LogP contribution in [0.3, 0.4) is 0 Å². The number of benzene rings is 1. The number of aromatic nitrogens is 3. The third-order valence-corrected chi connectivity index (χ3v) is 5.61. The number of rotatable bonds is 5. The van der Waals surface area contributed by atoms with Crippen molar-refractivity contribution in [2.75, 3.05) is 13.1 Å². The lowest BCUT2D eigenvalue weighted by Gasteiger charge is -2.43. The Morgan fingerprint density at radius 2 is 1.96 bits per heavy atom. The number of likely N-dealkylation sites (tertiary alicyclic amines) is 1. The van der Waals surface area contributed by atoms with Gasteiger partial charge in [-0.1, -0.05) is 17.2 Å². The lowest BCUT2D eigenvalue weighted by Crippen LogP contribution is -2.53. The Balaban J connectivity index is 1.93. The molecular formula is C20H26F2N4O. The highest BCUT2D eigenvalue weighted by Gasteiger charge is 2.42. The van der Waals surface area contributed by atoms with Gasteiger partial charge < -0.3 is 5.11 Å². The molecular weight excluding hydrogens is 350 g/mol. The molecule has 1 aromatic carbocycles. The Labute approximate surface area is 158 Å². The minimum atomic E-state index is -1.58. The zero-order valence-electron chi connectivity index (χ0n) is 16.0. The Morgan fingerprint density at radius 1 is 1.26 bits per heavy atom. The van der Waals surface area contributed by atoms with Gasteiger partial charge in [0.15, 0.2) is 0 Å². The molecule has 2 heterocycles. The molecule has 2 aromatic rings. The second-order valence-corrected chi connectivity index (χ2v) is 7.46. The van der Waals surface area contributed by atoms with Crippen molar-refractivity contribution < 1.29 is 13.9 Å². The Kier molecular flexibility index (Phi) is 5.72. The van der Waals surface area contributed by atoms with Gasteiger partial charge in [0.25, 0.3) is 0 Å². The number of nitrogens with zero attached hydrogens (tertiary/aromatic N) is 4. The number of aliphatic hydroxyl groups is 1. The molecule has 3 rings (SSSR count). The average molecular weight is 376 g/mol. The van der Waals surface area contributed by atoms with Crippen molar-refractivity contribution >= 4 is 0 Å².